The number of hydrogen-bond acceptors (Lipinski definition) is 8. The van der Waals surface area contributed by atoms with E-state index in [1.54, 1.807) is 6.07 Å². The van der Waals surface area contributed by atoms with Gasteiger partial charge in [0.05, 0.1) is 39.3 Å². The Hall–Kier alpha value is -3.02. The van der Waals surface area contributed by atoms with E-state index in [9.17, 15) is 9.32 Å². The summed E-state index contributed by atoms with van der Waals surface area (Å²) in [7, 11) is -2.08. The first kappa shape index (κ1) is 25.0. The molecule has 0 radical (unpaired) electrons. The number of fused-ring (bicyclic) bond motifs is 2. The van der Waals surface area contributed by atoms with Gasteiger partial charge in [0, 0.05) is 17.1 Å². The molecule has 0 bridgehead atoms. The summed E-state index contributed by atoms with van der Waals surface area (Å²) in [6, 6.07) is 17.9. The zero-order valence-electron chi connectivity index (χ0n) is 21.0. The van der Waals surface area contributed by atoms with E-state index in [0.717, 1.165) is 35.2 Å². The number of nitrogens with zero attached hydrogens (tertiary/aromatic N) is 3. The molecule has 11 heteroatoms. The summed E-state index contributed by atoms with van der Waals surface area (Å²) >= 11 is 6.60. The lowest BCUT2D eigenvalue weighted by atomic mass is 10.0. The first-order valence-corrected chi connectivity index (χ1v) is 15.2. The van der Waals surface area contributed by atoms with Crippen LogP contribution in [-0.4, -0.2) is 73.4 Å². The Morgan fingerprint density at radius 1 is 0.949 bits per heavy atom. The zero-order chi connectivity index (χ0) is 26.6. The van der Waals surface area contributed by atoms with Crippen LogP contribution in [0, 0.1) is 0 Å². The maximum absolute atomic E-state index is 12.7. The lowest BCUT2D eigenvalue weighted by Crippen LogP contribution is -2.34. The zero-order valence-corrected chi connectivity index (χ0v) is 22.5. The number of aliphatic hydroxyl groups is 1. The average molecular weight is 567 g/mol. The van der Waals surface area contributed by atoms with Crippen molar-refractivity contribution in [2.24, 2.45) is 4.36 Å². The highest BCUT2D eigenvalue weighted by Gasteiger charge is 2.48. The standard InChI is InChI=1S/C28H27ClN4O5S/c29-20-13-21-27(32-28(30-21)38-23-15-37-25-22(34)14-36-26(23)25)31-24(20)18-5-3-16(4-6-18)17-7-9-19(10-8-17)33-39(35)11-1-2-12-39/h3-10,13,22-23,25-26,34H,1-2,11-12,14-15H2,(H,30,31,32)/t22-,23-,25?,26-/m1/s1. The molecule has 0 saturated carbocycles. The van der Waals surface area contributed by atoms with E-state index in [-0.39, 0.29) is 24.9 Å². The van der Waals surface area contributed by atoms with E-state index in [1.807, 2.05) is 48.5 Å². The molecular weight excluding hydrogens is 540 g/mol. The molecule has 39 heavy (non-hydrogen) atoms. The molecule has 9 nitrogen and oxygen atoms in total. The summed E-state index contributed by atoms with van der Waals surface area (Å²) in [5, 5.41) is 10.4. The molecule has 0 spiro atoms. The fourth-order valence-corrected chi connectivity index (χ4v) is 7.88. The van der Waals surface area contributed by atoms with E-state index in [1.165, 1.54) is 0 Å². The Labute approximate surface area is 230 Å². The molecule has 7 rings (SSSR count). The van der Waals surface area contributed by atoms with Crippen LogP contribution in [0.15, 0.2) is 59.0 Å². The lowest BCUT2D eigenvalue weighted by Gasteiger charge is -2.15. The highest BCUT2D eigenvalue weighted by atomic mass is 35.5. The van der Waals surface area contributed by atoms with Crippen molar-refractivity contribution in [1.82, 2.24) is 15.0 Å². The highest BCUT2D eigenvalue weighted by Crippen LogP contribution is 2.33. The van der Waals surface area contributed by atoms with Crippen molar-refractivity contribution in [3.8, 4) is 28.4 Å². The van der Waals surface area contributed by atoms with Crippen LogP contribution < -0.4 is 4.74 Å². The van der Waals surface area contributed by atoms with Crippen molar-refractivity contribution in [2.75, 3.05) is 24.7 Å². The number of imidazole rings is 1. The topological polar surface area (TPSA) is 119 Å². The number of halogens is 1. The van der Waals surface area contributed by atoms with E-state index in [4.69, 9.17) is 30.8 Å². The minimum absolute atomic E-state index is 0.235. The van der Waals surface area contributed by atoms with Gasteiger partial charge in [-0.05, 0) is 42.2 Å². The van der Waals surface area contributed by atoms with Crippen LogP contribution in [0.3, 0.4) is 0 Å². The van der Waals surface area contributed by atoms with Gasteiger partial charge >= 0.3 is 0 Å². The second kappa shape index (κ2) is 9.87. The first-order valence-electron chi connectivity index (χ1n) is 13.0. The Morgan fingerprint density at radius 3 is 2.36 bits per heavy atom. The molecule has 2 aromatic heterocycles. The Balaban J connectivity index is 1.09. The molecule has 3 fully saturated rings. The number of benzene rings is 2. The minimum Gasteiger partial charge on any atom is -0.456 e. The van der Waals surface area contributed by atoms with Crippen LogP contribution in [0.1, 0.15) is 12.8 Å². The Morgan fingerprint density at radius 2 is 1.62 bits per heavy atom. The van der Waals surface area contributed by atoms with E-state index in [2.05, 4.69) is 14.3 Å². The first-order chi connectivity index (χ1) is 18.9. The maximum Gasteiger partial charge on any atom is 0.296 e. The predicted octanol–water partition coefficient (Wildman–Crippen LogP) is 4.74. The molecule has 2 aromatic carbocycles. The number of aliphatic hydroxyl groups excluding tert-OH is 1. The SMILES string of the molecule is O=S1(=Nc2ccc(-c3ccc(-c4nc5[nH]c(O[C@@H]6COC7[C@H](O)CO[C@@H]76)nc5cc4Cl)cc3)cc2)CCCC1. The van der Waals surface area contributed by atoms with Crippen LogP contribution in [0.2, 0.25) is 5.02 Å². The summed E-state index contributed by atoms with van der Waals surface area (Å²) in [4.78, 5) is 12.3. The van der Waals surface area contributed by atoms with Crippen molar-refractivity contribution in [3.05, 3.63) is 59.6 Å². The molecule has 4 atom stereocenters. The normalized spacial score (nSPS) is 25.7. The van der Waals surface area contributed by atoms with Gasteiger partial charge < -0.3 is 19.3 Å². The fourth-order valence-electron chi connectivity index (χ4n) is 5.42. The number of H-pyrrole nitrogens is 1. The molecule has 3 saturated heterocycles. The van der Waals surface area contributed by atoms with Crippen molar-refractivity contribution >= 4 is 38.2 Å². The maximum atomic E-state index is 12.7. The van der Waals surface area contributed by atoms with Gasteiger partial charge in [0.1, 0.15) is 23.8 Å². The van der Waals surface area contributed by atoms with Crippen LogP contribution >= 0.6 is 11.6 Å². The van der Waals surface area contributed by atoms with Gasteiger partial charge in [0.15, 0.2) is 11.8 Å². The summed E-state index contributed by atoms with van der Waals surface area (Å²) in [6.45, 7) is 0.547. The van der Waals surface area contributed by atoms with Crippen LogP contribution in [-0.2, 0) is 19.2 Å². The summed E-state index contributed by atoms with van der Waals surface area (Å²) < 4.78 is 34.5. The highest BCUT2D eigenvalue weighted by molar-refractivity contribution is 7.93. The van der Waals surface area contributed by atoms with Crippen LogP contribution in [0.5, 0.6) is 6.01 Å². The Bertz CT molecular complexity index is 1640. The van der Waals surface area contributed by atoms with Gasteiger partial charge in [0.2, 0.25) is 0 Å². The molecule has 3 aliphatic heterocycles. The molecule has 5 heterocycles. The average Bonchev–Trinajstić information content (AvgIpc) is 3.71. The van der Waals surface area contributed by atoms with Crippen molar-refractivity contribution in [1.29, 1.82) is 0 Å². The van der Waals surface area contributed by atoms with Gasteiger partial charge in [-0.2, -0.15) is 9.35 Å². The third kappa shape index (κ3) is 4.81. The molecule has 3 aliphatic rings. The molecule has 0 amide bonds. The van der Waals surface area contributed by atoms with Gasteiger partial charge in [-0.3, -0.25) is 4.98 Å². The number of hydrogen-bond donors (Lipinski definition) is 2. The van der Waals surface area contributed by atoms with Gasteiger partial charge in [0.25, 0.3) is 6.01 Å². The number of nitrogens with one attached hydrogen (secondary N) is 1. The van der Waals surface area contributed by atoms with Crippen molar-refractivity contribution in [3.63, 3.8) is 0 Å². The third-order valence-electron chi connectivity index (χ3n) is 7.46. The monoisotopic (exact) mass is 566 g/mol. The molecule has 1 unspecified atom stereocenters. The van der Waals surface area contributed by atoms with E-state index >= 15 is 0 Å². The molecular formula is C28H27ClN4O5S. The van der Waals surface area contributed by atoms with Crippen molar-refractivity contribution < 1.29 is 23.5 Å². The van der Waals surface area contributed by atoms with Crippen LogP contribution in [0.25, 0.3) is 33.5 Å². The predicted molar refractivity (Wildman–Crippen MR) is 149 cm³/mol. The molecule has 2 N–H and O–H groups in total. The molecule has 0 aliphatic carbocycles. The van der Waals surface area contributed by atoms with E-state index in [0.29, 0.717) is 46.0 Å². The van der Waals surface area contributed by atoms with Crippen LogP contribution in [0.4, 0.5) is 5.69 Å². The van der Waals surface area contributed by atoms with Crippen molar-refractivity contribution in [2.45, 2.75) is 37.3 Å². The minimum atomic E-state index is -2.08. The van der Waals surface area contributed by atoms with E-state index < -0.39 is 15.8 Å². The second-order valence-corrected chi connectivity index (χ2v) is 13.1. The number of rotatable bonds is 5. The molecule has 4 aromatic rings. The number of aromatic amines is 1. The summed E-state index contributed by atoms with van der Waals surface area (Å²) in [6.07, 6.45) is 0.261. The summed E-state index contributed by atoms with van der Waals surface area (Å²) in [5.41, 5.74) is 5.49. The smallest absolute Gasteiger partial charge is 0.296 e. The quantitative estimate of drug-likeness (QED) is 0.358. The lowest BCUT2D eigenvalue weighted by molar-refractivity contribution is 0.00706. The van der Waals surface area contributed by atoms with Gasteiger partial charge in [-0.15, -0.1) is 0 Å². The fraction of sp³-hybridized carbons (Fsp3) is 0.357. The summed E-state index contributed by atoms with van der Waals surface area (Å²) in [5.74, 6) is 1.39. The third-order valence-corrected chi connectivity index (χ3v) is 10.1. The largest absolute Gasteiger partial charge is 0.456 e. The van der Waals surface area contributed by atoms with Gasteiger partial charge in [-0.25, -0.2) is 9.19 Å². The van der Waals surface area contributed by atoms with Gasteiger partial charge in [-0.1, -0.05) is 48.0 Å². The molecule has 202 valence electrons. The second-order valence-electron chi connectivity index (χ2n) is 10.2. The Kier molecular flexibility index (Phi) is 6.32. The number of ether oxygens (including phenoxy) is 3. The number of pyridine rings is 1. The number of aromatic nitrogens is 3.